The molecular weight excluding hydrogens is 290 g/mol. The molecule has 108 valence electrons. The van der Waals surface area contributed by atoms with Crippen LogP contribution in [0.2, 0.25) is 5.02 Å². The highest BCUT2D eigenvalue weighted by Crippen LogP contribution is 2.35. The molecule has 0 unspecified atom stereocenters. The molecule has 0 bridgehead atoms. The first kappa shape index (κ1) is 13.7. The predicted molar refractivity (Wildman–Crippen MR) is 81.9 cm³/mol. The van der Waals surface area contributed by atoms with Gasteiger partial charge in [0.25, 0.3) is 5.91 Å². The van der Waals surface area contributed by atoms with Gasteiger partial charge in [0.15, 0.2) is 6.61 Å². The Bertz CT molecular complexity index is 673. The topological polar surface area (TPSA) is 54.5 Å². The minimum Gasteiger partial charge on any atom is -0.482 e. The molecule has 6 heteroatoms. The van der Waals surface area contributed by atoms with Crippen LogP contribution in [0.25, 0.3) is 0 Å². The zero-order valence-electron chi connectivity index (χ0n) is 11.5. The summed E-state index contributed by atoms with van der Waals surface area (Å²) in [6.07, 6.45) is 1.75. The number of nitrogens with zero attached hydrogens (tertiary/aromatic N) is 2. The van der Waals surface area contributed by atoms with E-state index < -0.39 is 0 Å². The van der Waals surface area contributed by atoms with Crippen LogP contribution in [0, 0.1) is 0 Å². The van der Waals surface area contributed by atoms with E-state index in [2.05, 4.69) is 10.3 Å². The van der Waals surface area contributed by atoms with E-state index in [-0.39, 0.29) is 12.5 Å². The van der Waals surface area contributed by atoms with Crippen LogP contribution < -0.4 is 15.0 Å². The van der Waals surface area contributed by atoms with Gasteiger partial charge in [-0.05, 0) is 29.8 Å². The van der Waals surface area contributed by atoms with Crippen molar-refractivity contribution in [3.8, 4) is 5.75 Å². The third-order valence-corrected chi connectivity index (χ3v) is 3.52. The van der Waals surface area contributed by atoms with Gasteiger partial charge in [-0.25, -0.2) is 4.98 Å². The van der Waals surface area contributed by atoms with Crippen molar-refractivity contribution in [3.05, 3.63) is 47.1 Å². The lowest BCUT2D eigenvalue weighted by atomic mass is 10.2. The highest BCUT2D eigenvalue weighted by atomic mass is 35.5. The first-order chi connectivity index (χ1) is 10.2. The van der Waals surface area contributed by atoms with Crippen LogP contribution >= 0.6 is 11.6 Å². The maximum absolute atomic E-state index is 12.1. The number of hydrogen-bond acceptors (Lipinski definition) is 4. The number of carbonyl (C=O) groups is 1. The molecule has 0 saturated heterocycles. The van der Waals surface area contributed by atoms with Crippen LogP contribution in [-0.4, -0.2) is 24.5 Å². The molecule has 0 atom stereocenters. The van der Waals surface area contributed by atoms with Crippen molar-refractivity contribution in [2.75, 3.05) is 23.9 Å². The molecule has 1 aliphatic heterocycles. The molecule has 1 N–H and O–H groups in total. The van der Waals surface area contributed by atoms with Crippen LogP contribution in [-0.2, 0) is 11.3 Å². The second-order valence-electron chi connectivity index (χ2n) is 4.68. The predicted octanol–water partition coefficient (Wildman–Crippen LogP) is 2.70. The van der Waals surface area contributed by atoms with Crippen LogP contribution in [0.4, 0.5) is 11.5 Å². The van der Waals surface area contributed by atoms with E-state index in [4.69, 9.17) is 16.3 Å². The fourth-order valence-electron chi connectivity index (χ4n) is 2.20. The highest BCUT2D eigenvalue weighted by molar-refractivity contribution is 6.31. The van der Waals surface area contributed by atoms with Gasteiger partial charge in [-0.2, -0.15) is 0 Å². The Balaban J connectivity index is 1.90. The van der Waals surface area contributed by atoms with Crippen LogP contribution in [0.5, 0.6) is 5.75 Å². The van der Waals surface area contributed by atoms with Crippen molar-refractivity contribution < 1.29 is 9.53 Å². The fourth-order valence-corrected chi connectivity index (χ4v) is 2.36. The first-order valence-corrected chi connectivity index (χ1v) is 6.90. The number of halogens is 1. The standard InChI is InChI=1S/C15H14ClN3O2/c1-17-14-5-2-10(7-18-14)8-19-12-6-11(16)3-4-13(12)21-9-15(19)20/h2-7H,8-9H2,1H3,(H,17,18). The summed E-state index contributed by atoms with van der Waals surface area (Å²) in [7, 11) is 1.81. The molecule has 1 aromatic heterocycles. The fraction of sp³-hybridized carbons (Fsp3) is 0.200. The summed E-state index contributed by atoms with van der Waals surface area (Å²) in [4.78, 5) is 18.0. The minimum absolute atomic E-state index is 0.0384. The largest absolute Gasteiger partial charge is 0.482 e. The lowest BCUT2D eigenvalue weighted by Crippen LogP contribution is -2.38. The normalized spacial score (nSPS) is 13.6. The van der Waals surface area contributed by atoms with Gasteiger partial charge in [0, 0.05) is 18.3 Å². The Labute approximate surface area is 127 Å². The SMILES string of the molecule is CNc1ccc(CN2C(=O)COc3ccc(Cl)cc32)cn1. The summed E-state index contributed by atoms with van der Waals surface area (Å²) in [5, 5.41) is 3.53. The maximum atomic E-state index is 12.1. The van der Waals surface area contributed by atoms with Gasteiger partial charge in [-0.3, -0.25) is 4.79 Å². The summed E-state index contributed by atoms with van der Waals surface area (Å²) in [5.41, 5.74) is 1.63. The summed E-state index contributed by atoms with van der Waals surface area (Å²) in [6, 6.07) is 9.07. The van der Waals surface area contributed by atoms with Crippen molar-refractivity contribution in [2.45, 2.75) is 6.54 Å². The second-order valence-corrected chi connectivity index (χ2v) is 5.12. The van der Waals surface area contributed by atoms with E-state index in [1.807, 2.05) is 19.2 Å². The lowest BCUT2D eigenvalue weighted by molar-refractivity contribution is -0.121. The third-order valence-electron chi connectivity index (χ3n) is 3.29. The monoisotopic (exact) mass is 303 g/mol. The summed E-state index contributed by atoms with van der Waals surface area (Å²) in [6.45, 7) is 0.475. The molecule has 0 radical (unpaired) electrons. The Morgan fingerprint density at radius 1 is 1.38 bits per heavy atom. The average molecular weight is 304 g/mol. The smallest absolute Gasteiger partial charge is 0.265 e. The maximum Gasteiger partial charge on any atom is 0.265 e. The molecule has 1 aromatic carbocycles. The Kier molecular flexibility index (Phi) is 3.66. The summed E-state index contributed by atoms with van der Waals surface area (Å²) >= 11 is 6.02. The molecule has 21 heavy (non-hydrogen) atoms. The second kappa shape index (κ2) is 5.61. The molecule has 1 aliphatic rings. The number of aromatic nitrogens is 1. The highest BCUT2D eigenvalue weighted by Gasteiger charge is 2.25. The van der Waals surface area contributed by atoms with Gasteiger partial charge < -0.3 is 15.0 Å². The Morgan fingerprint density at radius 3 is 2.95 bits per heavy atom. The van der Waals surface area contributed by atoms with Gasteiger partial charge in [0.2, 0.25) is 0 Å². The Hall–Kier alpha value is -2.27. The zero-order chi connectivity index (χ0) is 14.8. The number of amides is 1. The Morgan fingerprint density at radius 2 is 2.24 bits per heavy atom. The quantitative estimate of drug-likeness (QED) is 0.947. The van der Waals surface area contributed by atoms with Gasteiger partial charge in [-0.1, -0.05) is 17.7 Å². The molecule has 1 amide bonds. The van der Waals surface area contributed by atoms with E-state index in [1.165, 1.54) is 0 Å². The van der Waals surface area contributed by atoms with Crippen LogP contribution in [0.3, 0.4) is 0 Å². The summed E-state index contributed by atoms with van der Waals surface area (Å²) < 4.78 is 5.42. The number of benzene rings is 1. The molecule has 0 spiro atoms. The van der Waals surface area contributed by atoms with Gasteiger partial charge in [0.05, 0.1) is 12.2 Å². The molecule has 0 fully saturated rings. The molecule has 0 aliphatic carbocycles. The third kappa shape index (κ3) is 2.78. The van der Waals surface area contributed by atoms with Crippen molar-refractivity contribution in [1.29, 1.82) is 0 Å². The zero-order valence-corrected chi connectivity index (χ0v) is 12.2. The summed E-state index contributed by atoms with van der Waals surface area (Å²) in [5.74, 6) is 1.36. The van der Waals surface area contributed by atoms with Gasteiger partial charge in [0.1, 0.15) is 11.6 Å². The van der Waals surface area contributed by atoms with E-state index in [9.17, 15) is 4.79 Å². The number of ether oxygens (including phenoxy) is 1. The van der Waals surface area contributed by atoms with Crippen molar-refractivity contribution in [2.24, 2.45) is 0 Å². The van der Waals surface area contributed by atoms with Crippen molar-refractivity contribution in [3.63, 3.8) is 0 Å². The molecule has 2 heterocycles. The minimum atomic E-state index is -0.0949. The van der Waals surface area contributed by atoms with Gasteiger partial charge in [-0.15, -0.1) is 0 Å². The molecule has 5 nitrogen and oxygen atoms in total. The number of hydrogen-bond donors (Lipinski definition) is 1. The molecule has 0 saturated carbocycles. The van der Waals surface area contributed by atoms with E-state index in [1.54, 1.807) is 29.3 Å². The number of rotatable bonds is 3. The van der Waals surface area contributed by atoms with E-state index >= 15 is 0 Å². The van der Waals surface area contributed by atoms with Crippen molar-refractivity contribution >= 4 is 29.0 Å². The average Bonchev–Trinajstić information content (AvgIpc) is 2.51. The molecule has 2 aromatic rings. The molecular formula is C15H14ClN3O2. The van der Waals surface area contributed by atoms with Crippen molar-refractivity contribution in [1.82, 2.24) is 4.98 Å². The lowest BCUT2D eigenvalue weighted by Gasteiger charge is -2.29. The number of pyridine rings is 1. The first-order valence-electron chi connectivity index (χ1n) is 6.53. The van der Waals surface area contributed by atoms with E-state index in [0.717, 1.165) is 11.4 Å². The van der Waals surface area contributed by atoms with Crippen LogP contribution in [0.15, 0.2) is 36.5 Å². The van der Waals surface area contributed by atoms with E-state index in [0.29, 0.717) is 23.0 Å². The number of anilines is 2. The number of fused-ring (bicyclic) bond motifs is 1. The van der Waals surface area contributed by atoms with Crippen LogP contribution in [0.1, 0.15) is 5.56 Å². The number of nitrogens with one attached hydrogen (secondary N) is 1. The molecule has 3 rings (SSSR count). The van der Waals surface area contributed by atoms with Gasteiger partial charge >= 0.3 is 0 Å². The number of carbonyl (C=O) groups excluding carboxylic acids is 1.